The Balaban J connectivity index is -0.000000000500. The van der Waals surface area contributed by atoms with Crippen molar-refractivity contribution >= 4 is 37.7 Å². The predicted molar refractivity (Wildman–Crippen MR) is 20.4 cm³/mol. The third-order valence-electron chi connectivity index (χ3n) is 0. The first-order valence-electron chi connectivity index (χ1n) is 1.00. The Kier molecular flexibility index (Phi) is 88.7. The molecule has 0 aliphatic heterocycles. The minimum Gasteiger partial charge on any atom is -1.00 e. The molecule has 0 aliphatic rings. The van der Waals surface area contributed by atoms with E-state index in [1.54, 1.807) is 0 Å². The monoisotopic (exact) mass is 80.0 g/mol. The Morgan fingerprint density at radius 2 is 1.25 bits per heavy atom. The molecule has 0 atom stereocenters. The molecule has 0 aromatic rings. The van der Waals surface area contributed by atoms with E-state index in [9.17, 15) is 0 Å². The predicted octanol–water partition coefficient (Wildman–Crippen LogP) is -2.01. The van der Waals surface area contributed by atoms with Crippen molar-refractivity contribution in [1.29, 1.82) is 0 Å². The van der Waals surface area contributed by atoms with Crippen LogP contribution in [0.4, 0.5) is 0 Å². The van der Waals surface area contributed by atoms with Gasteiger partial charge in [0.2, 0.25) is 0 Å². The minimum absolute atomic E-state index is 0. The van der Waals surface area contributed by atoms with Crippen molar-refractivity contribution in [2.45, 2.75) is 13.8 Å². The van der Waals surface area contributed by atoms with Crippen LogP contribution in [0.1, 0.15) is 18.1 Å². The first kappa shape index (κ1) is 16.9. The SMILES string of the molecule is CC.[Ca+2].[H-].[H-].[H-].[Li+]. The van der Waals surface area contributed by atoms with Gasteiger partial charge in [-0.2, -0.15) is 0 Å². The van der Waals surface area contributed by atoms with E-state index in [1.165, 1.54) is 0 Å². The summed E-state index contributed by atoms with van der Waals surface area (Å²) in [6, 6.07) is 0. The van der Waals surface area contributed by atoms with E-state index in [-0.39, 0.29) is 60.9 Å². The standard InChI is InChI=1S/C2H6.Ca.Li.3H/c1-2;;;;;/h1-2H3;;;;;/q;+2;+1;3*-1. The van der Waals surface area contributed by atoms with Crippen molar-refractivity contribution in [3.8, 4) is 0 Å². The molecule has 0 aromatic carbocycles. The zero-order valence-corrected chi connectivity index (χ0v) is 5.92. The molecule has 0 radical (unpaired) electrons. The van der Waals surface area contributed by atoms with Crippen LogP contribution in [0.25, 0.3) is 0 Å². The van der Waals surface area contributed by atoms with Crippen molar-refractivity contribution in [3.05, 3.63) is 0 Å². The summed E-state index contributed by atoms with van der Waals surface area (Å²) in [6.45, 7) is 4.00. The van der Waals surface area contributed by atoms with E-state index in [4.69, 9.17) is 0 Å². The van der Waals surface area contributed by atoms with Gasteiger partial charge in [0.15, 0.2) is 0 Å². The van der Waals surface area contributed by atoms with Crippen LogP contribution in [0.3, 0.4) is 0 Å². The summed E-state index contributed by atoms with van der Waals surface area (Å²) >= 11 is 0. The van der Waals surface area contributed by atoms with Crippen molar-refractivity contribution in [2.24, 2.45) is 0 Å². The largest absolute Gasteiger partial charge is 2.00 e. The zero-order valence-electron chi connectivity index (χ0n) is 6.71. The van der Waals surface area contributed by atoms with Crippen molar-refractivity contribution in [3.63, 3.8) is 0 Å². The summed E-state index contributed by atoms with van der Waals surface area (Å²) in [6.07, 6.45) is 0. The second kappa shape index (κ2) is 21.0. The summed E-state index contributed by atoms with van der Waals surface area (Å²) in [7, 11) is 0. The van der Waals surface area contributed by atoms with Gasteiger partial charge in [-0.15, -0.1) is 0 Å². The topological polar surface area (TPSA) is 0 Å². The zero-order chi connectivity index (χ0) is 2.00. The fourth-order valence-corrected chi connectivity index (χ4v) is 0. The first-order chi connectivity index (χ1) is 1.00. The third kappa shape index (κ3) is 9.13. The molecule has 0 N–H and O–H groups in total. The molecule has 4 heavy (non-hydrogen) atoms. The van der Waals surface area contributed by atoms with Gasteiger partial charge in [0.1, 0.15) is 0 Å². The van der Waals surface area contributed by atoms with Crippen LogP contribution >= 0.6 is 0 Å². The summed E-state index contributed by atoms with van der Waals surface area (Å²) in [5, 5.41) is 0. The summed E-state index contributed by atoms with van der Waals surface area (Å²) < 4.78 is 0. The van der Waals surface area contributed by atoms with Crippen LogP contribution in [-0.2, 0) is 0 Å². The smallest absolute Gasteiger partial charge is 1.00 e. The maximum absolute atomic E-state index is 2.00. The van der Waals surface area contributed by atoms with E-state index in [0.717, 1.165) is 0 Å². The maximum Gasteiger partial charge on any atom is 2.00 e. The van der Waals surface area contributed by atoms with Gasteiger partial charge in [-0.05, 0) is 0 Å². The van der Waals surface area contributed by atoms with Gasteiger partial charge < -0.3 is 4.28 Å². The van der Waals surface area contributed by atoms with Gasteiger partial charge in [0.25, 0.3) is 0 Å². The second-order valence-electron chi connectivity index (χ2n) is 0. The molecule has 0 saturated carbocycles. The second-order valence-corrected chi connectivity index (χ2v) is 0. The van der Waals surface area contributed by atoms with E-state index in [2.05, 4.69) is 0 Å². The summed E-state index contributed by atoms with van der Waals surface area (Å²) in [5.41, 5.74) is 0. The van der Waals surface area contributed by atoms with Gasteiger partial charge in [-0.25, -0.2) is 0 Å². The Bertz CT molecular complexity index is 12.9. The molecule has 0 aliphatic carbocycles. The summed E-state index contributed by atoms with van der Waals surface area (Å²) in [4.78, 5) is 0. The van der Waals surface area contributed by atoms with Crippen molar-refractivity contribution < 1.29 is 23.1 Å². The van der Waals surface area contributed by atoms with Crippen LogP contribution < -0.4 is 18.9 Å². The molecule has 0 heterocycles. The molecule has 2 heteroatoms. The van der Waals surface area contributed by atoms with Gasteiger partial charge in [-0.3, -0.25) is 0 Å². The quantitative estimate of drug-likeness (QED) is 0.295. The molecule has 20 valence electrons. The molecule has 0 amide bonds. The van der Waals surface area contributed by atoms with Crippen LogP contribution in [0, 0.1) is 0 Å². The molecular formula is C2H9CaLi. The fourth-order valence-electron chi connectivity index (χ4n) is 0. The summed E-state index contributed by atoms with van der Waals surface area (Å²) in [5.74, 6) is 0. The number of hydrogen-bond acceptors (Lipinski definition) is 0. The van der Waals surface area contributed by atoms with Crippen LogP contribution in [-0.4, -0.2) is 37.7 Å². The molecule has 0 bridgehead atoms. The first-order valence-corrected chi connectivity index (χ1v) is 1.00. The Labute approximate surface area is 74.0 Å². The Hall–Kier alpha value is 1.86. The van der Waals surface area contributed by atoms with Gasteiger partial charge in [0, 0.05) is 0 Å². The molecule has 0 unspecified atom stereocenters. The van der Waals surface area contributed by atoms with Crippen LogP contribution in [0.15, 0.2) is 0 Å². The molecule has 0 nitrogen and oxygen atoms in total. The molecular weight excluding hydrogens is 71.0 g/mol. The van der Waals surface area contributed by atoms with Gasteiger partial charge >= 0.3 is 56.6 Å². The van der Waals surface area contributed by atoms with E-state index >= 15 is 0 Å². The molecule has 0 spiro atoms. The maximum atomic E-state index is 2.00. The fraction of sp³-hybridized carbons (Fsp3) is 1.00. The van der Waals surface area contributed by atoms with Gasteiger partial charge in [-0.1, -0.05) is 13.8 Å². The van der Waals surface area contributed by atoms with E-state index in [1.807, 2.05) is 13.8 Å². The minimum atomic E-state index is 0. The normalized spacial score (nSPS) is 1.50. The third-order valence-corrected chi connectivity index (χ3v) is 0. The van der Waals surface area contributed by atoms with E-state index in [0.29, 0.717) is 0 Å². The van der Waals surface area contributed by atoms with Crippen molar-refractivity contribution in [2.75, 3.05) is 0 Å². The van der Waals surface area contributed by atoms with Crippen molar-refractivity contribution in [1.82, 2.24) is 0 Å². The van der Waals surface area contributed by atoms with Crippen LogP contribution in [0.5, 0.6) is 0 Å². The average Bonchev–Trinajstić information content (AvgIpc) is 1.00. The molecule has 0 saturated heterocycles. The van der Waals surface area contributed by atoms with E-state index < -0.39 is 0 Å². The Morgan fingerprint density at radius 1 is 1.25 bits per heavy atom. The molecule has 0 fully saturated rings. The van der Waals surface area contributed by atoms with Crippen LogP contribution in [0.2, 0.25) is 0 Å². The number of rotatable bonds is 0. The average molecular weight is 80.1 g/mol. The van der Waals surface area contributed by atoms with Gasteiger partial charge in [0.05, 0.1) is 0 Å². The number of hydrogen-bond donors (Lipinski definition) is 0. The molecule has 0 rings (SSSR count). The molecule has 0 aromatic heterocycles. The Morgan fingerprint density at radius 3 is 1.25 bits per heavy atom.